The number of hydrogen-bond donors (Lipinski definition) is 1. The highest BCUT2D eigenvalue weighted by molar-refractivity contribution is 8.02. The molecule has 0 atom stereocenters. The van der Waals surface area contributed by atoms with E-state index in [4.69, 9.17) is 12.2 Å². The minimum Gasteiger partial charge on any atom is -0.369 e. The predicted octanol–water partition coefficient (Wildman–Crippen LogP) is 3.34. The highest BCUT2D eigenvalue weighted by Crippen LogP contribution is 2.30. The van der Waals surface area contributed by atoms with Crippen molar-refractivity contribution in [3.05, 3.63) is 40.9 Å². The van der Waals surface area contributed by atoms with Gasteiger partial charge in [0.2, 0.25) is 0 Å². The molecule has 90 valence electrons. The highest BCUT2D eigenvalue weighted by atomic mass is 32.2. The van der Waals surface area contributed by atoms with E-state index in [1.165, 1.54) is 10.6 Å². The maximum atomic E-state index is 5.48. The average molecular weight is 264 g/mol. The molecule has 0 saturated carbocycles. The Labute approximate surface area is 112 Å². The van der Waals surface area contributed by atoms with Gasteiger partial charge < -0.3 is 10.2 Å². The van der Waals surface area contributed by atoms with Gasteiger partial charge in [-0.25, -0.2) is 0 Å². The molecule has 1 N–H and O–H groups in total. The lowest BCUT2D eigenvalue weighted by Gasteiger charge is -2.14. The summed E-state index contributed by atoms with van der Waals surface area (Å²) in [4.78, 5) is 3.11. The lowest BCUT2D eigenvalue weighted by molar-refractivity contribution is 0.486. The first-order valence-electron chi connectivity index (χ1n) is 5.57. The zero-order valence-electron chi connectivity index (χ0n) is 10.1. The van der Waals surface area contributed by atoms with E-state index in [9.17, 15) is 0 Å². The van der Waals surface area contributed by atoms with Gasteiger partial charge in [0, 0.05) is 24.9 Å². The summed E-state index contributed by atoms with van der Waals surface area (Å²) >= 11 is 7.25. The number of anilines is 1. The maximum Gasteiger partial charge on any atom is 0.109 e. The molecule has 1 heterocycles. The molecule has 0 amide bonds. The van der Waals surface area contributed by atoms with Gasteiger partial charge in [-0.15, -0.1) is 11.8 Å². The van der Waals surface area contributed by atoms with Crippen LogP contribution in [0.4, 0.5) is 5.69 Å². The van der Waals surface area contributed by atoms with Crippen LogP contribution in [0.15, 0.2) is 40.9 Å². The largest absolute Gasteiger partial charge is 0.369 e. The molecule has 1 aliphatic rings. The Bertz CT molecular complexity index is 440. The van der Waals surface area contributed by atoms with E-state index in [-0.39, 0.29) is 0 Å². The summed E-state index contributed by atoms with van der Waals surface area (Å²) in [5.41, 5.74) is 2.32. The smallest absolute Gasteiger partial charge is 0.109 e. The van der Waals surface area contributed by atoms with Crippen LogP contribution in [0.1, 0.15) is 6.42 Å². The number of benzene rings is 1. The molecule has 0 saturated heterocycles. The van der Waals surface area contributed by atoms with E-state index < -0.39 is 0 Å². The van der Waals surface area contributed by atoms with Gasteiger partial charge >= 0.3 is 0 Å². The fourth-order valence-corrected chi connectivity index (χ4v) is 3.17. The van der Waals surface area contributed by atoms with Gasteiger partial charge in [-0.2, -0.15) is 0 Å². The molecule has 0 radical (unpaired) electrons. The number of thioether (sulfide) groups is 1. The van der Waals surface area contributed by atoms with E-state index in [1.54, 1.807) is 11.8 Å². The highest BCUT2D eigenvalue weighted by Gasteiger charge is 2.21. The molecule has 2 rings (SSSR count). The van der Waals surface area contributed by atoms with Gasteiger partial charge in [0.15, 0.2) is 0 Å². The molecule has 1 aromatic carbocycles. The Morgan fingerprint density at radius 2 is 2.06 bits per heavy atom. The van der Waals surface area contributed by atoms with Crippen molar-refractivity contribution in [3.8, 4) is 0 Å². The number of para-hydroxylation sites is 1. The molecule has 17 heavy (non-hydrogen) atoms. The first kappa shape index (κ1) is 12.5. The van der Waals surface area contributed by atoms with Crippen molar-refractivity contribution >= 4 is 34.7 Å². The molecule has 2 nitrogen and oxygen atoms in total. The second-order valence-corrected chi connectivity index (χ2v) is 5.18. The number of nitrogens with one attached hydrogen (secondary N) is 1. The summed E-state index contributed by atoms with van der Waals surface area (Å²) in [5, 5.41) is 4.59. The molecular weight excluding hydrogens is 248 g/mol. The SMILES string of the molecule is CSC1=C(C(=S)Nc2ccccc2)CCN1C. The summed E-state index contributed by atoms with van der Waals surface area (Å²) in [5.74, 6) is 0. The number of rotatable bonds is 3. The molecule has 1 aromatic rings. The first-order valence-corrected chi connectivity index (χ1v) is 7.20. The van der Waals surface area contributed by atoms with Crippen LogP contribution in [0.2, 0.25) is 0 Å². The Hall–Kier alpha value is -1.00. The van der Waals surface area contributed by atoms with Crippen LogP contribution in [0, 0.1) is 0 Å². The van der Waals surface area contributed by atoms with Crippen molar-refractivity contribution in [2.45, 2.75) is 6.42 Å². The standard InChI is InChI=1S/C13H16N2S2/c1-15-9-8-11(13(15)17-2)12(16)14-10-6-4-3-5-7-10/h3-7H,8-9H2,1-2H3,(H,14,16). The fraction of sp³-hybridized carbons (Fsp3) is 0.308. The number of hydrogen-bond acceptors (Lipinski definition) is 3. The van der Waals surface area contributed by atoms with Crippen molar-refractivity contribution in [2.75, 3.05) is 25.2 Å². The lowest BCUT2D eigenvalue weighted by Crippen LogP contribution is -2.13. The monoisotopic (exact) mass is 264 g/mol. The van der Waals surface area contributed by atoms with Crippen molar-refractivity contribution in [2.24, 2.45) is 0 Å². The summed E-state index contributed by atoms with van der Waals surface area (Å²) in [6, 6.07) is 10.1. The molecule has 0 spiro atoms. The topological polar surface area (TPSA) is 15.3 Å². The Morgan fingerprint density at radius 1 is 1.35 bits per heavy atom. The summed E-state index contributed by atoms with van der Waals surface area (Å²) < 4.78 is 0. The summed E-state index contributed by atoms with van der Waals surface area (Å²) in [6.45, 7) is 1.06. The molecule has 0 aliphatic carbocycles. The first-order chi connectivity index (χ1) is 8.22. The predicted molar refractivity (Wildman–Crippen MR) is 80.5 cm³/mol. The minimum atomic E-state index is 0.852. The van der Waals surface area contributed by atoms with E-state index in [2.05, 4.69) is 23.5 Å². The van der Waals surface area contributed by atoms with E-state index >= 15 is 0 Å². The van der Waals surface area contributed by atoms with Gasteiger partial charge in [-0.05, 0) is 24.8 Å². The van der Waals surface area contributed by atoms with Gasteiger partial charge in [0.05, 0.1) is 5.03 Å². The van der Waals surface area contributed by atoms with Crippen LogP contribution in [-0.2, 0) is 0 Å². The molecule has 4 heteroatoms. The van der Waals surface area contributed by atoms with Crippen LogP contribution in [0.5, 0.6) is 0 Å². The molecule has 0 aromatic heterocycles. The second kappa shape index (κ2) is 5.56. The van der Waals surface area contributed by atoms with Crippen LogP contribution < -0.4 is 5.32 Å². The van der Waals surface area contributed by atoms with Crippen LogP contribution in [0.25, 0.3) is 0 Å². The number of nitrogens with zero attached hydrogens (tertiary/aromatic N) is 1. The Kier molecular flexibility index (Phi) is 4.07. The minimum absolute atomic E-state index is 0.852. The van der Waals surface area contributed by atoms with Crippen LogP contribution in [-0.4, -0.2) is 29.7 Å². The average Bonchev–Trinajstić information content (AvgIpc) is 2.71. The molecule has 0 fully saturated rings. The molecule has 0 bridgehead atoms. The van der Waals surface area contributed by atoms with Crippen molar-refractivity contribution in [1.82, 2.24) is 4.90 Å². The maximum absolute atomic E-state index is 5.48. The molecular formula is C13H16N2S2. The third-order valence-corrected chi connectivity index (χ3v) is 4.09. The zero-order valence-corrected chi connectivity index (χ0v) is 11.7. The summed E-state index contributed by atoms with van der Waals surface area (Å²) in [6.07, 6.45) is 3.13. The molecule has 0 unspecified atom stereocenters. The van der Waals surface area contributed by atoms with Crippen molar-refractivity contribution < 1.29 is 0 Å². The normalized spacial score (nSPS) is 15.3. The van der Waals surface area contributed by atoms with Gasteiger partial charge in [-0.3, -0.25) is 0 Å². The summed E-state index contributed by atoms with van der Waals surface area (Å²) in [7, 11) is 2.12. The lowest BCUT2D eigenvalue weighted by atomic mass is 10.2. The Morgan fingerprint density at radius 3 is 2.71 bits per heavy atom. The third-order valence-electron chi connectivity index (χ3n) is 2.80. The van der Waals surface area contributed by atoms with Crippen LogP contribution in [0.3, 0.4) is 0 Å². The third kappa shape index (κ3) is 2.82. The van der Waals surface area contributed by atoms with Crippen molar-refractivity contribution in [1.29, 1.82) is 0 Å². The fourth-order valence-electron chi connectivity index (χ4n) is 1.94. The van der Waals surface area contributed by atoms with Gasteiger partial charge in [-0.1, -0.05) is 30.4 Å². The molecule has 1 aliphatic heterocycles. The Balaban J connectivity index is 2.13. The van der Waals surface area contributed by atoms with Crippen molar-refractivity contribution in [3.63, 3.8) is 0 Å². The van der Waals surface area contributed by atoms with Gasteiger partial charge in [0.25, 0.3) is 0 Å². The quantitative estimate of drug-likeness (QED) is 0.842. The van der Waals surface area contributed by atoms with E-state index in [0.29, 0.717) is 0 Å². The van der Waals surface area contributed by atoms with E-state index in [1.807, 2.05) is 30.3 Å². The van der Waals surface area contributed by atoms with E-state index in [0.717, 1.165) is 23.6 Å². The number of thiocarbonyl (C=S) groups is 1. The second-order valence-electron chi connectivity index (χ2n) is 3.98. The van der Waals surface area contributed by atoms with Crippen LogP contribution >= 0.6 is 24.0 Å². The zero-order chi connectivity index (χ0) is 12.3. The van der Waals surface area contributed by atoms with Gasteiger partial charge in [0.1, 0.15) is 4.99 Å².